The summed E-state index contributed by atoms with van der Waals surface area (Å²) in [6, 6.07) is 9.80. The van der Waals surface area contributed by atoms with Gasteiger partial charge in [-0.3, -0.25) is 4.79 Å². The standard InChI is InChI=1S/C18H20FN3O3/c1-24-14-5-6-15(16(19)11-14)18(23)20-12-13-3-2-4-17(21-13)22-7-9-25-10-8-22/h2-6,11H,7-10,12H2,1H3,(H,20,23). The lowest BCUT2D eigenvalue weighted by Gasteiger charge is -2.28. The third-order valence-electron chi connectivity index (χ3n) is 3.98. The first kappa shape index (κ1) is 17.2. The van der Waals surface area contributed by atoms with Crippen LogP contribution in [-0.2, 0) is 11.3 Å². The molecule has 0 radical (unpaired) electrons. The van der Waals surface area contributed by atoms with Crippen LogP contribution >= 0.6 is 0 Å². The Hall–Kier alpha value is -2.67. The van der Waals surface area contributed by atoms with Crippen molar-refractivity contribution >= 4 is 11.7 Å². The van der Waals surface area contributed by atoms with Gasteiger partial charge >= 0.3 is 0 Å². The number of benzene rings is 1. The molecule has 0 bridgehead atoms. The van der Waals surface area contributed by atoms with E-state index in [1.807, 2.05) is 18.2 Å². The molecule has 1 fully saturated rings. The summed E-state index contributed by atoms with van der Waals surface area (Å²) in [6.45, 7) is 3.17. The molecule has 0 spiro atoms. The molecule has 1 aromatic carbocycles. The van der Waals surface area contributed by atoms with Gasteiger partial charge < -0.3 is 19.7 Å². The minimum atomic E-state index is -0.619. The molecule has 132 valence electrons. The number of rotatable bonds is 5. The quantitative estimate of drug-likeness (QED) is 0.898. The molecular weight excluding hydrogens is 325 g/mol. The van der Waals surface area contributed by atoms with Gasteiger partial charge in [-0.1, -0.05) is 6.07 Å². The van der Waals surface area contributed by atoms with Crippen molar-refractivity contribution in [3.05, 3.63) is 53.5 Å². The van der Waals surface area contributed by atoms with E-state index in [0.29, 0.717) is 24.7 Å². The van der Waals surface area contributed by atoms with Gasteiger partial charge in [0.05, 0.1) is 38.1 Å². The highest BCUT2D eigenvalue weighted by molar-refractivity contribution is 5.94. The Morgan fingerprint density at radius 2 is 2.12 bits per heavy atom. The summed E-state index contributed by atoms with van der Waals surface area (Å²) in [7, 11) is 1.45. The van der Waals surface area contributed by atoms with E-state index in [9.17, 15) is 9.18 Å². The van der Waals surface area contributed by atoms with Gasteiger partial charge in [0.1, 0.15) is 17.4 Å². The molecule has 2 heterocycles. The minimum Gasteiger partial charge on any atom is -0.497 e. The van der Waals surface area contributed by atoms with Crippen molar-refractivity contribution in [2.45, 2.75) is 6.54 Å². The molecule has 25 heavy (non-hydrogen) atoms. The Morgan fingerprint density at radius 1 is 1.32 bits per heavy atom. The number of amides is 1. The highest BCUT2D eigenvalue weighted by Crippen LogP contribution is 2.17. The van der Waals surface area contributed by atoms with Crippen molar-refractivity contribution in [2.24, 2.45) is 0 Å². The lowest BCUT2D eigenvalue weighted by atomic mass is 10.2. The van der Waals surface area contributed by atoms with E-state index in [0.717, 1.165) is 18.9 Å². The fourth-order valence-corrected chi connectivity index (χ4v) is 2.61. The lowest BCUT2D eigenvalue weighted by molar-refractivity contribution is 0.0946. The summed E-state index contributed by atoms with van der Waals surface area (Å²) < 4.78 is 24.2. The molecule has 1 aromatic heterocycles. The number of morpholine rings is 1. The van der Waals surface area contributed by atoms with Gasteiger partial charge in [-0.05, 0) is 24.3 Å². The number of carbonyl (C=O) groups excluding carboxylic acids is 1. The van der Waals surface area contributed by atoms with Crippen molar-refractivity contribution in [3.8, 4) is 5.75 Å². The molecule has 1 aliphatic heterocycles. The van der Waals surface area contributed by atoms with Crippen LogP contribution in [-0.4, -0.2) is 44.3 Å². The molecule has 6 nitrogen and oxygen atoms in total. The van der Waals surface area contributed by atoms with Gasteiger partial charge in [-0.15, -0.1) is 0 Å². The number of carbonyl (C=O) groups is 1. The maximum atomic E-state index is 13.9. The van der Waals surface area contributed by atoms with Crippen molar-refractivity contribution in [3.63, 3.8) is 0 Å². The van der Waals surface area contributed by atoms with Crippen LogP contribution in [0.5, 0.6) is 5.75 Å². The average molecular weight is 345 g/mol. The van der Waals surface area contributed by atoms with E-state index in [4.69, 9.17) is 9.47 Å². The average Bonchev–Trinajstić information content (AvgIpc) is 2.67. The predicted molar refractivity (Wildman–Crippen MR) is 91.4 cm³/mol. The number of hydrogen-bond acceptors (Lipinski definition) is 5. The number of nitrogens with one attached hydrogen (secondary N) is 1. The van der Waals surface area contributed by atoms with Crippen LogP contribution in [0, 0.1) is 5.82 Å². The normalized spacial score (nSPS) is 14.2. The van der Waals surface area contributed by atoms with E-state index in [2.05, 4.69) is 15.2 Å². The number of hydrogen-bond donors (Lipinski definition) is 1. The summed E-state index contributed by atoms with van der Waals surface area (Å²) >= 11 is 0. The molecule has 0 atom stereocenters. The molecule has 1 N–H and O–H groups in total. The Balaban J connectivity index is 1.64. The van der Waals surface area contributed by atoms with Crippen LogP contribution in [0.3, 0.4) is 0 Å². The maximum absolute atomic E-state index is 13.9. The molecular formula is C18H20FN3O3. The van der Waals surface area contributed by atoms with Crippen molar-refractivity contribution in [2.75, 3.05) is 38.3 Å². The molecule has 1 aliphatic rings. The van der Waals surface area contributed by atoms with Crippen molar-refractivity contribution in [1.82, 2.24) is 10.3 Å². The van der Waals surface area contributed by atoms with E-state index in [1.165, 1.54) is 19.2 Å². The first-order chi connectivity index (χ1) is 12.2. The zero-order chi connectivity index (χ0) is 17.6. The van der Waals surface area contributed by atoms with Crippen LogP contribution < -0.4 is 15.0 Å². The Morgan fingerprint density at radius 3 is 2.84 bits per heavy atom. The summed E-state index contributed by atoms with van der Waals surface area (Å²) in [6.07, 6.45) is 0. The number of pyridine rings is 1. The Kier molecular flexibility index (Phi) is 5.45. The van der Waals surface area contributed by atoms with Gasteiger partial charge in [-0.25, -0.2) is 9.37 Å². The van der Waals surface area contributed by atoms with Crippen LogP contribution in [0.2, 0.25) is 0 Å². The SMILES string of the molecule is COc1ccc(C(=O)NCc2cccc(N3CCOCC3)n2)c(F)c1. The molecule has 2 aromatic rings. The zero-order valence-electron chi connectivity index (χ0n) is 14.0. The third kappa shape index (κ3) is 4.24. The fourth-order valence-electron chi connectivity index (χ4n) is 2.61. The first-order valence-corrected chi connectivity index (χ1v) is 8.08. The summed E-state index contributed by atoms with van der Waals surface area (Å²) in [4.78, 5) is 18.9. The number of anilines is 1. The first-order valence-electron chi connectivity index (χ1n) is 8.08. The molecule has 1 saturated heterocycles. The number of ether oxygens (including phenoxy) is 2. The largest absolute Gasteiger partial charge is 0.497 e. The van der Waals surface area contributed by atoms with E-state index in [-0.39, 0.29) is 12.1 Å². The highest BCUT2D eigenvalue weighted by Gasteiger charge is 2.14. The van der Waals surface area contributed by atoms with E-state index >= 15 is 0 Å². The Labute approximate surface area is 145 Å². The van der Waals surface area contributed by atoms with Gasteiger partial charge in [0.15, 0.2) is 0 Å². The van der Waals surface area contributed by atoms with Crippen LogP contribution in [0.15, 0.2) is 36.4 Å². The van der Waals surface area contributed by atoms with E-state index < -0.39 is 11.7 Å². The second-order valence-corrected chi connectivity index (χ2v) is 5.61. The molecule has 0 unspecified atom stereocenters. The second kappa shape index (κ2) is 7.94. The molecule has 0 aliphatic carbocycles. The summed E-state index contributed by atoms with van der Waals surface area (Å²) in [5.74, 6) is 0.116. The molecule has 0 saturated carbocycles. The van der Waals surface area contributed by atoms with Gasteiger partial charge in [0, 0.05) is 19.2 Å². The smallest absolute Gasteiger partial charge is 0.254 e. The monoisotopic (exact) mass is 345 g/mol. The summed E-state index contributed by atoms with van der Waals surface area (Å²) in [5, 5.41) is 2.70. The molecule has 1 amide bonds. The third-order valence-corrected chi connectivity index (χ3v) is 3.98. The topological polar surface area (TPSA) is 63.7 Å². The summed E-state index contributed by atoms with van der Waals surface area (Å²) in [5.41, 5.74) is 0.691. The Bertz CT molecular complexity index is 748. The van der Waals surface area contributed by atoms with Gasteiger partial charge in [0.25, 0.3) is 5.91 Å². The van der Waals surface area contributed by atoms with Crippen LogP contribution in [0.1, 0.15) is 16.1 Å². The molecule has 3 rings (SSSR count). The molecule has 7 heteroatoms. The van der Waals surface area contributed by atoms with Crippen LogP contribution in [0.25, 0.3) is 0 Å². The predicted octanol–water partition coefficient (Wildman–Crippen LogP) is 2.00. The van der Waals surface area contributed by atoms with Crippen LogP contribution in [0.4, 0.5) is 10.2 Å². The van der Waals surface area contributed by atoms with Crippen molar-refractivity contribution < 1.29 is 18.7 Å². The number of halogens is 1. The second-order valence-electron chi connectivity index (χ2n) is 5.61. The maximum Gasteiger partial charge on any atom is 0.254 e. The van der Waals surface area contributed by atoms with E-state index in [1.54, 1.807) is 6.07 Å². The lowest BCUT2D eigenvalue weighted by Crippen LogP contribution is -2.37. The van der Waals surface area contributed by atoms with Crippen molar-refractivity contribution in [1.29, 1.82) is 0 Å². The minimum absolute atomic E-state index is 0.0230. The number of aromatic nitrogens is 1. The van der Waals surface area contributed by atoms with Gasteiger partial charge in [0.2, 0.25) is 0 Å². The highest BCUT2D eigenvalue weighted by atomic mass is 19.1. The zero-order valence-corrected chi connectivity index (χ0v) is 14.0. The number of methoxy groups -OCH3 is 1. The number of nitrogens with zero attached hydrogens (tertiary/aromatic N) is 2. The fraction of sp³-hybridized carbons (Fsp3) is 0.333. The van der Waals surface area contributed by atoms with Gasteiger partial charge in [-0.2, -0.15) is 0 Å².